The van der Waals surface area contributed by atoms with Gasteiger partial charge in [-0.05, 0) is 0 Å². The molecule has 0 saturated heterocycles. The molecular formula is C6H10N4O3P+. The summed E-state index contributed by atoms with van der Waals surface area (Å²) in [6.07, 6.45) is 10.8. The molecule has 4 N–H and O–H groups in total. The molecule has 0 aliphatic carbocycles. The molecule has 2 aromatic heterocycles. The Morgan fingerprint density at radius 1 is 1.00 bits per heavy atom. The molecule has 2 aromatic rings. The smallest absolute Gasteiger partial charge is 0.276 e. The predicted octanol–water partition coefficient (Wildman–Crippen LogP) is -1.98. The van der Waals surface area contributed by atoms with E-state index in [1.807, 2.05) is 24.8 Å². The Kier molecular flexibility index (Phi) is 8.47. The zero-order chi connectivity index (χ0) is 10.6. The van der Waals surface area contributed by atoms with Gasteiger partial charge >= 0.3 is 0 Å². The quantitative estimate of drug-likeness (QED) is 0.497. The summed E-state index contributed by atoms with van der Waals surface area (Å²) in [4.78, 5) is 28.2. The van der Waals surface area contributed by atoms with Crippen LogP contribution in [-0.4, -0.2) is 9.97 Å². The minimum atomic E-state index is -3.37. The molecule has 0 atom stereocenters. The first-order valence-electron chi connectivity index (χ1n) is 3.52. The lowest BCUT2D eigenvalue weighted by Crippen LogP contribution is -1.97. The summed E-state index contributed by atoms with van der Waals surface area (Å²) in [5.74, 6) is 0. The van der Waals surface area contributed by atoms with E-state index in [4.69, 9.17) is 14.4 Å². The number of nitrogens with one attached hydrogen (secondary N) is 4. The van der Waals surface area contributed by atoms with Crippen molar-refractivity contribution in [3.8, 4) is 0 Å². The first-order valence-corrected chi connectivity index (χ1v) is 4.62. The number of aromatic amines is 4. The zero-order valence-electron chi connectivity index (χ0n) is 7.14. The SMILES string of the molecule is O=[P+]([O-])[O-].c1c[nH+]c[nH]1.c1c[nH+]c[nH]1. The van der Waals surface area contributed by atoms with Gasteiger partial charge in [0.25, 0.3) is 8.25 Å². The molecule has 76 valence electrons. The topological polar surface area (TPSA) is 123 Å². The first-order chi connectivity index (χ1) is 6.73. The van der Waals surface area contributed by atoms with Crippen molar-refractivity contribution in [2.75, 3.05) is 0 Å². The van der Waals surface area contributed by atoms with E-state index in [1.54, 1.807) is 12.7 Å². The number of hydrogen-bond acceptors (Lipinski definition) is 3. The van der Waals surface area contributed by atoms with Crippen LogP contribution in [-0.2, 0) is 4.57 Å². The Morgan fingerprint density at radius 3 is 1.43 bits per heavy atom. The monoisotopic (exact) mass is 217 g/mol. The van der Waals surface area contributed by atoms with Gasteiger partial charge in [-0.2, -0.15) is 0 Å². The third kappa shape index (κ3) is 13.1. The maximum absolute atomic E-state index is 8.48. The van der Waals surface area contributed by atoms with Crippen LogP contribution in [0.15, 0.2) is 37.4 Å². The molecule has 2 heterocycles. The Bertz CT molecular complexity index is 232. The number of hydrogen-bond donors (Lipinski definition) is 2. The van der Waals surface area contributed by atoms with E-state index in [2.05, 4.69) is 19.9 Å². The second kappa shape index (κ2) is 9.53. The number of aromatic nitrogens is 4. The Balaban J connectivity index is 0.000000183. The van der Waals surface area contributed by atoms with Gasteiger partial charge in [0.1, 0.15) is 24.8 Å². The summed E-state index contributed by atoms with van der Waals surface area (Å²) in [6.45, 7) is 0. The minimum Gasteiger partial charge on any atom is -0.598 e. The van der Waals surface area contributed by atoms with Crippen LogP contribution in [0.1, 0.15) is 0 Å². The molecular weight excluding hydrogens is 207 g/mol. The van der Waals surface area contributed by atoms with E-state index in [0.29, 0.717) is 0 Å². The Hall–Kier alpha value is -1.56. The van der Waals surface area contributed by atoms with Gasteiger partial charge in [0.2, 0.25) is 12.7 Å². The summed E-state index contributed by atoms with van der Waals surface area (Å²) in [5.41, 5.74) is 0. The highest BCUT2D eigenvalue weighted by Gasteiger charge is 1.65. The van der Waals surface area contributed by atoms with Crippen molar-refractivity contribution in [2.45, 2.75) is 0 Å². The van der Waals surface area contributed by atoms with Gasteiger partial charge in [0.15, 0.2) is 0 Å². The molecule has 0 spiro atoms. The molecule has 14 heavy (non-hydrogen) atoms. The van der Waals surface area contributed by atoms with Crippen LogP contribution in [0.2, 0.25) is 0 Å². The molecule has 8 heteroatoms. The van der Waals surface area contributed by atoms with Gasteiger partial charge in [-0.25, -0.2) is 0 Å². The predicted molar refractivity (Wildman–Crippen MR) is 42.3 cm³/mol. The molecule has 0 amide bonds. The molecule has 7 nitrogen and oxygen atoms in total. The highest BCUT2D eigenvalue weighted by atomic mass is 31.1. The maximum atomic E-state index is 8.48. The molecule has 0 fully saturated rings. The van der Waals surface area contributed by atoms with Crippen LogP contribution in [0.5, 0.6) is 0 Å². The van der Waals surface area contributed by atoms with Gasteiger partial charge in [-0.15, -0.1) is 0 Å². The fraction of sp³-hybridized carbons (Fsp3) is 0. The van der Waals surface area contributed by atoms with Crippen LogP contribution in [0, 0.1) is 0 Å². The van der Waals surface area contributed by atoms with Gasteiger partial charge in [-0.1, -0.05) is 4.57 Å². The van der Waals surface area contributed by atoms with Gasteiger partial charge < -0.3 is 9.79 Å². The molecule has 2 rings (SSSR count). The van der Waals surface area contributed by atoms with Crippen molar-refractivity contribution >= 4 is 8.25 Å². The lowest BCUT2D eigenvalue weighted by Gasteiger charge is -1.75. The van der Waals surface area contributed by atoms with Crippen molar-refractivity contribution in [3.05, 3.63) is 37.4 Å². The van der Waals surface area contributed by atoms with E-state index in [9.17, 15) is 0 Å². The van der Waals surface area contributed by atoms with Crippen LogP contribution >= 0.6 is 8.25 Å². The Labute approximate surface area is 80.8 Å². The maximum Gasteiger partial charge on any atom is 0.276 e. The van der Waals surface area contributed by atoms with Crippen LogP contribution in [0.4, 0.5) is 0 Å². The molecule has 0 aliphatic heterocycles. The highest BCUT2D eigenvalue weighted by Crippen LogP contribution is 1.79. The van der Waals surface area contributed by atoms with E-state index < -0.39 is 8.25 Å². The van der Waals surface area contributed by atoms with Crippen molar-refractivity contribution in [3.63, 3.8) is 0 Å². The van der Waals surface area contributed by atoms with Gasteiger partial charge in [0, 0.05) is 0 Å². The Morgan fingerprint density at radius 2 is 1.36 bits per heavy atom. The van der Waals surface area contributed by atoms with Gasteiger partial charge in [0.05, 0.1) is 0 Å². The van der Waals surface area contributed by atoms with E-state index in [-0.39, 0.29) is 0 Å². The summed E-state index contributed by atoms with van der Waals surface area (Å²) >= 11 is 0. The molecule has 0 bridgehead atoms. The third-order valence-corrected chi connectivity index (χ3v) is 0.885. The molecule has 0 radical (unpaired) electrons. The van der Waals surface area contributed by atoms with Crippen LogP contribution < -0.4 is 19.8 Å². The average molecular weight is 217 g/mol. The summed E-state index contributed by atoms with van der Waals surface area (Å²) in [6, 6.07) is 0. The number of imidazole rings is 2. The van der Waals surface area contributed by atoms with Crippen molar-refractivity contribution in [1.29, 1.82) is 0 Å². The molecule has 0 saturated carbocycles. The fourth-order valence-electron chi connectivity index (χ4n) is 0.481. The van der Waals surface area contributed by atoms with E-state index >= 15 is 0 Å². The van der Waals surface area contributed by atoms with E-state index in [0.717, 1.165) is 0 Å². The summed E-state index contributed by atoms with van der Waals surface area (Å²) < 4.78 is 8.48. The van der Waals surface area contributed by atoms with Crippen molar-refractivity contribution in [2.24, 2.45) is 0 Å². The molecule has 0 aliphatic rings. The van der Waals surface area contributed by atoms with Crippen molar-refractivity contribution in [1.82, 2.24) is 9.97 Å². The molecule has 0 unspecified atom stereocenters. The van der Waals surface area contributed by atoms with Crippen molar-refractivity contribution < 1.29 is 24.3 Å². The number of H-pyrrole nitrogens is 4. The second-order valence-corrected chi connectivity index (χ2v) is 2.29. The van der Waals surface area contributed by atoms with E-state index in [1.165, 1.54) is 0 Å². The first kappa shape index (κ1) is 12.4. The second-order valence-electron chi connectivity index (χ2n) is 1.85. The lowest BCUT2D eigenvalue weighted by molar-refractivity contribution is -0.376. The minimum absolute atomic E-state index is 1.75. The van der Waals surface area contributed by atoms with Crippen LogP contribution in [0.25, 0.3) is 0 Å². The third-order valence-electron chi connectivity index (χ3n) is 0.885. The normalized spacial score (nSPS) is 7.57. The van der Waals surface area contributed by atoms with Crippen LogP contribution in [0.3, 0.4) is 0 Å². The van der Waals surface area contributed by atoms with Gasteiger partial charge in [-0.3, -0.25) is 19.9 Å². The molecule has 0 aromatic carbocycles. The fourth-order valence-corrected chi connectivity index (χ4v) is 0.481. The zero-order valence-corrected chi connectivity index (χ0v) is 8.03. The number of rotatable bonds is 0. The average Bonchev–Trinajstić information content (AvgIpc) is 2.83. The standard InChI is InChI=1S/2C3H4N2.HO3P/c2*1-2-5-3-4-1;1-4(2)3/h2*1-3H,(H,4,5);(H,1,2,3)/p+1. The summed E-state index contributed by atoms with van der Waals surface area (Å²) in [5, 5.41) is 0. The summed E-state index contributed by atoms with van der Waals surface area (Å²) in [7, 11) is -3.37. The highest BCUT2D eigenvalue weighted by molar-refractivity contribution is 7.27. The lowest BCUT2D eigenvalue weighted by atomic mass is 11.0. The largest absolute Gasteiger partial charge is 0.598 e.